The van der Waals surface area contributed by atoms with Gasteiger partial charge in [-0.3, -0.25) is 0 Å². The fourth-order valence-corrected chi connectivity index (χ4v) is 1.10. The van der Waals surface area contributed by atoms with Gasteiger partial charge in [0, 0.05) is 0 Å². The Morgan fingerprint density at radius 2 is 1.77 bits per heavy atom. The van der Waals surface area contributed by atoms with Crippen LogP contribution < -0.4 is 5.73 Å². The van der Waals surface area contributed by atoms with E-state index in [0.29, 0.717) is 0 Å². The molecule has 0 aromatic rings. The number of aliphatic carboxylic acids is 1. The predicted octanol–water partition coefficient (Wildman–Crippen LogP) is -3.16. The van der Waals surface area contributed by atoms with Gasteiger partial charge in [0.25, 0.3) is 0 Å². The van der Waals surface area contributed by atoms with Crippen molar-refractivity contribution in [2.75, 3.05) is 0 Å². The lowest BCUT2D eigenvalue weighted by Gasteiger charge is -2.36. The van der Waals surface area contributed by atoms with E-state index in [9.17, 15) is 4.79 Å². The summed E-state index contributed by atoms with van der Waals surface area (Å²) in [7, 11) is 0. The number of carboxylic acid groups (broad SMARTS) is 1. The van der Waals surface area contributed by atoms with Crippen LogP contribution in [0.25, 0.3) is 0 Å². The van der Waals surface area contributed by atoms with Crippen LogP contribution in [0.5, 0.6) is 0 Å². The Balaban J connectivity index is 2.76. The number of carboxylic acids is 1. The van der Waals surface area contributed by atoms with Gasteiger partial charge in [0.1, 0.15) is 12.2 Å². The van der Waals surface area contributed by atoms with Gasteiger partial charge in [-0.25, -0.2) is 4.79 Å². The van der Waals surface area contributed by atoms with Crippen molar-refractivity contribution in [3.05, 3.63) is 0 Å². The lowest BCUT2D eigenvalue weighted by molar-refractivity contribution is -0.244. The Morgan fingerprint density at radius 1 is 1.23 bits per heavy atom. The summed E-state index contributed by atoms with van der Waals surface area (Å²) in [6, 6.07) is -1.20. The molecule has 0 aliphatic carbocycles. The minimum absolute atomic E-state index is 1.20. The van der Waals surface area contributed by atoms with Crippen LogP contribution >= 0.6 is 0 Å². The summed E-state index contributed by atoms with van der Waals surface area (Å²) >= 11 is 0. The third-order valence-corrected chi connectivity index (χ3v) is 1.91. The smallest absolute Gasteiger partial charge is 0.335 e. The summed E-state index contributed by atoms with van der Waals surface area (Å²) in [5, 5.41) is 35.8. The highest BCUT2D eigenvalue weighted by molar-refractivity contribution is 5.73. The highest BCUT2D eigenvalue weighted by Gasteiger charge is 2.45. The van der Waals surface area contributed by atoms with Crippen LogP contribution in [0.15, 0.2) is 0 Å². The topological polar surface area (TPSA) is 133 Å². The maximum atomic E-state index is 10.4. The summed E-state index contributed by atoms with van der Waals surface area (Å²) < 4.78 is 4.46. The van der Waals surface area contributed by atoms with E-state index in [2.05, 4.69) is 4.74 Å². The van der Waals surface area contributed by atoms with E-state index >= 15 is 0 Å². The molecular formula is C6H11NO6. The standard InChI is InChI=1S/C6H11NO6/c7-1-2(8)3(9)4(5(10)11)13-6(1)12/h1-4,6,8-9,12H,7H2,(H,10,11)/t1-,2-,3-,4+,6+/m1/s1. The highest BCUT2D eigenvalue weighted by atomic mass is 16.6. The zero-order valence-electron chi connectivity index (χ0n) is 6.57. The van der Waals surface area contributed by atoms with Crippen LogP contribution in [0.1, 0.15) is 0 Å². The van der Waals surface area contributed by atoms with Gasteiger partial charge in [-0.05, 0) is 0 Å². The Hall–Kier alpha value is -0.730. The number of ether oxygens (including phenoxy) is 1. The molecule has 0 spiro atoms. The summed E-state index contributed by atoms with van der Waals surface area (Å²) in [4.78, 5) is 10.4. The first-order valence-corrected chi connectivity index (χ1v) is 3.63. The minimum Gasteiger partial charge on any atom is -0.479 e. The normalized spacial score (nSPS) is 46.0. The third kappa shape index (κ3) is 1.79. The maximum Gasteiger partial charge on any atom is 0.335 e. The molecule has 0 saturated carbocycles. The second-order valence-corrected chi connectivity index (χ2v) is 2.84. The van der Waals surface area contributed by atoms with E-state index in [0.717, 1.165) is 0 Å². The number of aliphatic hydroxyl groups excluding tert-OH is 3. The fourth-order valence-electron chi connectivity index (χ4n) is 1.10. The number of aliphatic hydroxyl groups is 3. The summed E-state index contributed by atoms with van der Waals surface area (Å²) in [5.41, 5.74) is 5.20. The first kappa shape index (κ1) is 10.4. The molecule has 6 N–H and O–H groups in total. The molecule has 76 valence electrons. The van der Waals surface area contributed by atoms with Crippen molar-refractivity contribution in [1.29, 1.82) is 0 Å². The van der Waals surface area contributed by atoms with Crippen molar-refractivity contribution in [2.24, 2.45) is 5.73 Å². The monoisotopic (exact) mass is 193 g/mol. The number of hydrogen-bond acceptors (Lipinski definition) is 6. The Labute approximate surface area is 73.4 Å². The van der Waals surface area contributed by atoms with Gasteiger partial charge in [0.05, 0.1) is 6.04 Å². The van der Waals surface area contributed by atoms with Crippen LogP contribution in [0, 0.1) is 0 Å². The van der Waals surface area contributed by atoms with Crippen molar-refractivity contribution in [3.63, 3.8) is 0 Å². The molecule has 0 aromatic heterocycles. The largest absolute Gasteiger partial charge is 0.479 e. The number of nitrogens with two attached hydrogens (primary N) is 1. The summed E-state index contributed by atoms with van der Waals surface area (Å²) in [6.45, 7) is 0. The molecule has 1 heterocycles. The van der Waals surface area contributed by atoms with Crippen LogP contribution in [0.3, 0.4) is 0 Å². The Kier molecular flexibility index (Phi) is 2.84. The summed E-state index contributed by atoms with van der Waals surface area (Å²) in [6.07, 6.45) is -6.37. The van der Waals surface area contributed by atoms with Gasteiger partial charge >= 0.3 is 5.97 Å². The van der Waals surface area contributed by atoms with Crippen LogP contribution in [0.2, 0.25) is 0 Å². The number of carbonyl (C=O) groups is 1. The van der Waals surface area contributed by atoms with E-state index in [1.807, 2.05) is 0 Å². The van der Waals surface area contributed by atoms with Crippen LogP contribution in [-0.4, -0.2) is 57.0 Å². The van der Waals surface area contributed by atoms with Gasteiger partial charge in [-0.15, -0.1) is 0 Å². The first-order chi connectivity index (χ1) is 5.95. The lowest BCUT2D eigenvalue weighted by Crippen LogP contribution is -2.62. The van der Waals surface area contributed by atoms with E-state index in [1.54, 1.807) is 0 Å². The predicted molar refractivity (Wildman–Crippen MR) is 38.5 cm³/mol. The SMILES string of the molecule is N[C@@H]1[C@@H](O)[C@@H](O)[C@@H](C(=O)O)O[C@@H]1O. The van der Waals surface area contributed by atoms with Gasteiger partial charge in [0.15, 0.2) is 12.4 Å². The maximum absolute atomic E-state index is 10.4. The lowest BCUT2D eigenvalue weighted by atomic mass is 9.98. The first-order valence-electron chi connectivity index (χ1n) is 3.63. The Bertz CT molecular complexity index is 209. The molecule has 1 aliphatic heterocycles. The quantitative estimate of drug-likeness (QED) is 0.296. The van der Waals surface area contributed by atoms with E-state index in [-0.39, 0.29) is 0 Å². The second-order valence-electron chi connectivity index (χ2n) is 2.84. The molecule has 1 rings (SSSR count). The fraction of sp³-hybridized carbons (Fsp3) is 0.833. The molecule has 5 atom stereocenters. The average molecular weight is 193 g/mol. The minimum atomic E-state index is -1.65. The molecular weight excluding hydrogens is 182 g/mol. The van der Waals surface area contributed by atoms with Gasteiger partial charge < -0.3 is 30.9 Å². The third-order valence-electron chi connectivity index (χ3n) is 1.91. The average Bonchev–Trinajstić information content (AvgIpc) is 2.07. The van der Waals surface area contributed by atoms with Crippen molar-refractivity contribution in [3.8, 4) is 0 Å². The van der Waals surface area contributed by atoms with Crippen molar-refractivity contribution in [1.82, 2.24) is 0 Å². The van der Waals surface area contributed by atoms with Gasteiger partial charge in [0.2, 0.25) is 0 Å². The van der Waals surface area contributed by atoms with Crippen LogP contribution in [0.4, 0.5) is 0 Å². The molecule has 0 amide bonds. The van der Waals surface area contributed by atoms with E-state index < -0.39 is 36.6 Å². The molecule has 1 aliphatic rings. The molecule has 7 nitrogen and oxygen atoms in total. The van der Waals surface area contributed by atoms with Gasteiger partial charge in [-0.2, -0.15) is 0 Å². The zero-order valence-corrected chi connectivity index (χ0v) is 6.57. The molecule has 1 saturated heterocycles. The van der Waals surface area contributed by atoms with E-state index in [4.69, 9.17) is 26.2 Å². The molecule has 0 radical (unpaired) electrons. The molecule has 13 heavy (non-hydrogen) atoms. The summed E-state index contributed by atoms with van der Waals surface area (Å²) in [5.74, 6) is -1.46. The number of rotatable bonds is 1. The zero-order chi connectivity index (χ0) is 10.2. The molecule has 0 bridgehead atoms. The Morgan fingerprint density at radius 3 is 2.23 bits per heavy atom. The number of hydrogen-bond donors (Lipinski definition) is 5. The van der Waals surface area contributed by atoms with Crippen molar-refractivity contribution < 1.29 is 30.0 Å². The second kappa shape index (κ2) is 3.56. The highest BCUT2D eigenvalue weighted by Crippen LogP contribution is 2.18. The van der Waals surface area contributed by atoms with Crippen molar-refractivity contribution in [2.45, 2.75) is 30.6 Å². The van der Waals surface area contributed by atoms with Gasteiger partial charge in [-0.1, -0.05) is 0 Å². The van der Waals surface area contributed by atoms with E-state index in [1.165, 1.54) is 0 Å². The van der Waals surface area contributed by atoms with Crippen molar-refractivity contribution >= 4 is 5.97 Å². The van der Waals surface area contributed by atoms with Crippen LogP contribution in [-0.2, 0) is 9.53 Å². The molecule has 0 unspecified atom stereocenters. The molecule has 1 fully saturated rings. The molecule has 7 heteroatoms. The molecule has 0 aromatic carbocycles.